The molecule has 2 N–H and O–H groups in total. The molecule has 18 heavy (non-hydrogen) atoms. The lowest BCUT2D eigenvalue weighted by Gasteiger charge is -2.10. The minimum atomic E-state index is -0.270. The molecule has 0 bridgehead atoms. The second kappa shape index (κ2) is 6.01. The molecule has 0 saturated heterocycles. The van der Waals surface area contributed by atoms with E-state index >= 15 is 0 Å². The minimum Gasteiger partial charge on any atom is -0.324 e. The van der Waals surface area contributed by atoms with Crippen molar-refractivity contribution in [1.82, 2.24) is 10.2 Å². The Morgan fingerprint density at radius 3 is 2.67 bits per heavy atom. The molecule has 0 aliphatic carbocycles. The molecule has 0 fully saturated rings. The van der Waals surface area contributed by atoms with Crippen LogP contribution in [0.5, 0.6) is 0 Å². The Hall–Kier alpha value is -0.630. The zero-order valence-corrected chi connectivity index (χ0v) is 12.3. The van der Waals surface area contributed by atoms with Crippen molar-refractivity contribution in [2.45, 2.75) is 26.5 Å². The van der Waals surface area contributed by atoms with Crippen LogP contribution in [0.15, 0.2) is 31.8 Å². The van der Waals surface area contributed by atoms with Crippen molar-refractivity contribution in [3.05, 3.63) is 29.6 Å². The van der Waals surface area contributed by atoms with Gasteiger partial charge in [-0.2, -0.15) is 0 Å². The molecule has 0 radical (unpaired) electrons. The van der Waals surface area contributed by atoms with Crippen molar-refractivity contribution in [2.24, 2.45) is 5.73 Å². The van der Waals surface area contributed by atoms with Crippen molar-refractivity contribution in [3.63, 3.8) is 0 Å². The van der Waals surface area contributed by atoms with Crippen molar-refractivity contribution in [1.29, 1.82) is 0 Å². The fourth-order valence-corrected chi connectivity index (χ4v) is 3.99. The van der Waals surface area contributed by atoms with Crippen molar-refractivity contribution >= 4 is 34.9 Å². The van der Waals surface area contributed by atoms with Crippen LogP contribution >= 0.6 is 34.9 Å². The Bertz CT molecular complexity index is 542. The molecule has 0 spiro atoms. The maximum absolute atomic E-state index is 13.2. The fraction of sp³-hybridized carbons (Fsp3) is 0.273. The number of hydrogen-bond acceptors (Lipinski definition) is 6. The molecule has 7 heteroatoms. The summed E-state index contributed by atoms with van der Waals surface area (Å²) in [6.07, 6.45) is 1.96. The maximum Gasteiger partial charge on any atom is 0.179 e. The third-order valence-electron chi connectivity index (χ3n) is 2.22. The number of halogens is 1. The molecule has 2 aromatic rings. The highest BCUT2D eigenvalue weighted by Crippen LogP contribution is 2.36. The predicted molar refractivity (Wildman–Crippen MR) is 74.8 cm³/mol. The number of nitrogens with zero attached hydrogens (tertiary/aromatic N) is 2. The van der Waals surface area contributed by atoms with E-state index in [1.165, 1.54) is 35.2 Å². The van der Waals surface area contributed by atoms with Crippen LogP contribution in [0.2, 0.25) is 0 Å². The predicted octanol–water partition coefficient (Wildman–Crippen LogP) is 3.57. The van der Waals surface area contributed by atoms with Gasteiger partial charge in [0, 0.05) is 10.9 Å². The summed E-state index contributed by atoms with van der Waals surface area (Å²) < 4.78 is 15.0. The Labute approximate surface area is 117 Å². The highest BCUT2D eigenvalue weighted by molar-refractivity contribution is 8.03. The highest BCUT2D eigenvalue weighted by Gasteiger charge is 2.12. The van der Waals surface area contributed by atoms with E-state index in [-0.39, 0.29) is 11.9 Å². The molecule has 0 amide bonds. The van der Waals surface area contributed by atoms with Gasteiger partial charge in [-0.1, -0.05) is 34.9 Å². The Morgan fingerprint density at radius 2 is 2.06 bits per heavy atom. The third kappa shape index (κ3) is 3.23. The second-order valence-electron chi connectivity index (χ2n) is 3.61. The molecule has 1 aromatic carbocycles. The van der Waals surface area contributed by atoms with Crippen LogP contribution in [-0.2, 0) is 0 Å². The summed E-state index contributed by atoms with van der Waals surface area (Å²) in [6.45, 7) is 1.84. The lowest BCUT2D eigenvalue weighted by molar-refractivity contribution is 0.619. The minimum absolute atomic E-state index is 0.212. The topological polar surface area (TPSA) is 51.8 Å². The monoisotopic (exact) mass is 301 g/mol. The number of thioether (sulfide) groups is 1. The van der Waals surface area contributed by atoms with Gasteiger partial charge in [0.1, 0.15) is 5.82 Å². The maximum atomic E-state index is 13.2. The quantitative estimate of drug-likeness (QED) is 0.875. The van der Waals surface area contributed by atoms with E-state index in [0.717, 1.165) is 19.1 Å². The summed E-state index contributed by atoms with van der Waals surface area (Å²) in [7, 11) is 0. The Kier molecular flexibility index (Phi) is 4.60. The van der Waals surface area contributed by atoms with Crippen molar-refractivity contribution < 1.29 is 4.39 Å². The number of aromatic nitrogens is 2. The molecule has 0 unspecified atom stereocenters. The van der Waals surface area contributed by atoms with Gasteiger partial charge in [-0.25, -0.2) is 4.39 Å². The van der Waals surface area contributed by atoms with Crippen LogP contribution in [0.1, 0.15) is 18.5 Å². The molecule has 2 rings (SSSR count). The molecular formula is C11H12FN3S3. The molecule has 1 heterocycles. The molecule has 1 atom stereocenters. The van der Waals surface area contributed by atoms with Crippen LogP contribution in [-0.4, -0.2) is 16.5 Å². The Balaban J connectivity index is 2.28. The molecule has 0 aliphatic rings. The average Bonchev–Trinajstić information content (AvgIpc) is 2.79. The van der Waals surface area contributed by atoms with Crippen LogP contribution in [0, 0.1) is 5.82 Å². The van der Waals surface area contributed by atoms with E-state index in [0.29, 0.717) is 0 Å². The van der Waals surface area contributed by atoms with Crippen LogP contribution in [0.25, 0.3) is 0 Å². The largest absolute Gasteiger partial charge is 0.324 e. The van der Waals surface area contributed by atoms with E-state index in [4.69, 9.17) is 5.73 Å². The lowest BCUT2D eigenvalue weighted by Crippen LogP contribution is -2.06. The summed E-state index contributed by atoms with van der Waals surface area (Å²) in [4.78, 5) is 0.926. The number of rotatable bonds is 4. The highest BCUT2D eigenvalue weighted by atomic mass is 32.2. The van der Waals surface area contributed by atoms with Gasteiger partial charge in [-0.05, 0) is 36.9 Å². The zero-order valence-electron chi connectivity index (χ0n) is 9.88. The van der Waals surface area contributed by atoms with Gasteiger partial charge in [-0.3, -0.25) is 0 Å². The first kappa shape index (κ1) is 13.8. The van der Waals surface area contributed by atoms with Crippen LogP contribution in [0.4, 0.5) is 4.39 Å². The summed E-state index contributed by atoms with van der Waals surface area (Å²) in [5, 5.41) is 8.11. The normalized spacial score (nSPS) is 12.7. The number of hydrogen-bond donors (Lipinski definition) is 1. The molecule has 96 valence electrons. The van der Waals surface area contributed by atoms with Crippen LogP contribution < -0.4 is 5.73 Å². The smallest absolute Gasteiger partial charge is 0.179 e. The lowest BCUT2D eigenvalue weighted by atomic mass is 10.1. The summed E-state index contributed by atoms with van der Waals surface area (Å²) in [5.74, 6) is -0.270. The summed E-state index contributed by atoms with van der Waals surface area (Å²) in [6, 6.07) is 4.43. The van der Waals surface area contributed by atoms with E-state index in [1.807, 2.05) is 13.2 Å². The van der Waals surface area contributed by atoms with Crippen molar-refractivity contribution in [3.8, 4) is 0 Å². The first-order valence-corrected chi connectivity index (χ1v) is 8.06. The van der Waals surface area contributed by atoms with Gasteiger partial charge in [-0.15, -0.1) is 10.2 Å². The molecule has 0 saturated carbocycles. The molecule has 3 nitrogen and oxygen atoms in total. The molecular weight excluding hydrogens is 289 g/mol. The standard InChI is InChI=1S/C11H12FN3S3/c1-6(13)8-5-7(12)3-4-9(8)17-11-15-14-10(16-2)18-11/h3-6H,13H2,1-2H3/t6-/m1/s1. The summed E-state index contributed by atoms with van der Waals surface area (Å²) in [5.41, 5.74) is 6.64. The number of benzene rings is 1. The van der Waals surface area contributed by atoms with E-state index < -0.39 is 0 Å². The molecule has 1 aromatic heterocycles. The van der Waals surface area contributed by atoms with Gasteiger partial charge in [0.25, 0.3) is 0 Å². The first-order chi connectivity index (χ1) is 8.60. The third-order valence-corrected chi connectivity index (χ3v) is 5.26. The van der Waals surface area contributed by atoms with Gasteiger partial charge in [0.15, 0.2) is 8.68 Å². The van der Waals surface area contributed by atoms with Gasteiger partial charge < -0.3 is 5.73 Å². The Morgan fingerprint density at radius 1 is 1.33 bits per heavy atom. The van der Waals surface area contributed by atoms with E-state index in [2.05, 4.69) is 10.2 Å². The SMILES string of the molecule is CSc1nnc(Sc2ccc(F)cc2[C@@H](C)N)s1. The van der Waals surface area contributed by atoms with Gasteiger partial charge >= 0.3 is 0 Å². The van der Waals surface area contributed by atoms with Crippen molar-refractivity contribution in [2.75, 3.05) is 6.26 Å². The summed E-state index contributed by atoms with van der Waals surface area (Å²) >= 11 is 4.55. The van der Waals surface area contributed by atoms with Gasteiger partial charge in [0.2, 0.25) is 0 Å². The van der Waals surface area contributed by atoms with Crippen LogP contribution in [0.3, 0.4) is 0 Å². The first-order valence-electron chi connectivity index (χ1n) is 5.20. The van der Waals surface area contributed by atoms with Gasteiger partial charge in [0.05, 0.1) is 0 Å². The number of nitrogens with two attached hydrogens (primary N) is 1. The van der Waals surface area contributed by atoms with E-state index in [9.17, 15) is 4.39 Å². The zero-order chi connectivity index (χ0) is 13.1. The fourth-order valence-electron chi connectivity index (χ4n) is 1.38. The van der Waals surface area contributed by atoms with E-state index in [1.54, 1.807) is 17.8 Å². The molecule has 0 aliphatic heterocycles. The second-order valence-corrected chi connectivity index (χ2v) is 6.93. The average molecular weight is 301 g/mol.